The molecule has 0 spiro atoms. The number of phenolic OH excluding ortho intramolecular Hbond substituents is 1. The van der Waals surface area contributed by atoms with Crippen LogP contribution in [0.5, 0.6) is 5.75 Å². The predicted molar refractivity (Wildman–Crippen MR) is 78.2 cm³/mol. The van der Waals surface area contributed by atoms with Crippen LogP contribution in [-0.2, 0) is 0 Å². The number of amides is 1. The van der Waals surface area contributed by atoms with Crippen molar-refractivity contribution < 1.29 is 9.90 Å². The van der Waals surface area contributed by atoms with Crippen LogP contribution in [0.25, 0.3) is 0 Å². The molecule has 0 saturated carbocycles. The number of hydrogen-bond acceptors (Lipinski definition) is 3. The van der Waals surface area contributed by atoms with Crippen LogP contribution in [0, 0.1) is 0 Å². The zero-order valence-electron chi connectivity index (χ0n) is 9.99. The summed E-state index contributed by atoms with van der Waals surface area (Å²) in [5, 5.41) is 13.1. The highest BCUT2D eigenvalue weighted by Gasteiger charge is 2.16. The number of carbonyl (C=O) groups is 1. The third kappa shape index (κ3) is 3.65. The van der Waals surface area contributed by atoms with Gasteiger partial charge >= 0.3 is 0 Å². The van der Waals surface area contributed by atoms with Gasteiger partial charge in [0.05, 0.1) is 5.56 Å². The molecule has 0 aliphatic carbocycles. The van der Waals surface area contributed by atoms with E-state index in [-0.39, 0.29) is 11.7 Å². The van der Waals surface area contributed by atoms with E-state index in [0.717, 1.165) is 10.9 Å². The largest absolute Gasteiger partial charge is 0.507 e. The maximum absolute atomic E-state index is 11.9. The molecular formula is C13H16BrNO2S. The SMILES string of the molecule is O=C(NCC1CCCCS1)c1ccc(Br)cc1O. The summed E-state index contributed by atoms with van der Waals surface area (Å²) >= 11 is 5.17. The molecule has 5 heteroatoms. The molecule has 98 valence electrons. The monoisotopic (exact) mass is 329 g/mol. The topological polar surface area (TPSA) is 49.3 Å². The van der Waals surface area contributed by atoms with Gasteiger partial charge in [0.1, 0.15) is 5.75 Å². The molecule has 18 heavy (non-hydrogen) atoms. The summed E-state index contributed by atoms with van der Waals surface area (Å²) in [6.45, 7) is 0.680. The van der Waals surface area contributed by atoms with Crippen molar-refractivity contribution in [1.82, 2.24) is 5.32 Å². The van der Waals surface area contributed by atoms with E-state index >= 15 is 0 Å². The van der Waals surface area contributed by atoms with Crippen molar-refractivity contribution in [2.24, 2.45) is 0 Å². The normalized spacial score (nSPS) is 19.5. The van der Waals surface area contributed by atoms with Gasteiger partial charge < -0.3 is 10.4 Å². The summed E-state index contributed by atoms with van der Waals surface area (Å²) in [4.78, 5) is 11.9. The van der Waals surface area contributed by atoms with Gasteiger partial charge in [-0.3, -0.25) is 4.79 Å². The second-order valence-corrected chi connectivity index (χ2v) is 6.68. The van der Waals surface area contributed by atoms with Crippen molar-refractivity contribution in [2.45, 2.75) is 24.5 Å². The molecule has 1 amide bonds. The van der Waals surface area contributed by atoms with Crippen LogP contribution in [0.3, 0.4) is 0 Å². The van der Waals surface area contributed by atoms with Crippen molar-refractivity contribution >= 4 is 33.6 Å². The second-order valence-electron chi connectivity index (χ2n) is 4.36. The molecule has 2 N–H and O–H groups in total. The molecular weight excluding hydrogens is 314 g/mol. The quantitative estimate of drug-likeness (QED) is 0.895. The number of nitrogens with one attached hydrogen (secondary N) is 1. The number of carbonyl (C=O) groups excluding carboxylic acids is 1. The van der Waals surface area contributed by atoms with E-state index in [0.29, 0.717) is 17.4 Å². The first-order valence-corrected chi connectivity index (χ1v) is 7.89. The molecule has 1 heterocycles. The highest BCUT2D eigenvalue weighted by molar-refractivity contribution is 9.10. The highest BCUT2D eigenvalue weighted by Crippen LogP contribution is 2.25. The average Bonchev–Trinajstić information content (AvgIpc) is 2.37. The van der Waals surface area contributed by atoms with E-state index in [2.05, 4.69) is 21.2 Å². The Hall–Kier alpha value is -0.680. The molecule has 3 nitrogen and oxygen atoms in total. The molecule has 0 bridgehead atoms. The van der Waals surface area contributed by atoms with Gasteiger partial charge in [-0.05, 0) is 36.8 Å². The van der Waals surface area contributed by atoms with Crippen LogP contribution in [-0.4, -0.2) is 28.6 Å². The van der Waals surface area contributed by atoms with Gasteiger partial charge in [0.2, 0.25) is 0 Å². The van der Waals surface area contributed by atoms with Crippen LogP contribution in [0.1, 0.15) is 29.6 Å². The van der Waals surface area contributed by atoms with Crippen LogP contribution >= 0.6 is 27.7 Å². The molecule has 1 saturated heterocycles. The lowest BCUT2D eigenvalue weighted by atomic mass is 10.1. The summed E-state index contributed by atoms with van der Waals surface area (Å²) in [6, 6.07) is 4.91. The summed E-state index contributed by atoms with van der Waals surface area (Å²) in [7, 11) is 0. The molecule has 1 aromatic rings. The summed E-state index contributed by atoms with van der Waals surface area (Å²) in [6.07, 6.45) is 3.69. The van der Waals surface area contributed by atoms with Gasteiger partial charge in [0.25, 0.3) is 5.91 Å². The van der Waals surface area contributed by atoms with Gasteiger partial charge in [-0.25, -0.2) is 0 Å². The van der Waals surface area contributed by atoms with Gasteiger partial charge in [-0.15, -0.1) is 0 Å². The number of rotatable bonds is 3. The van der Waals surface area contributed by atoms with Gasteiger partial charge in [-0.1, -0.05) is 22.4 Å². The maximum atomic E-state index is 11.9. The lowest BCUT2D eigenvalue weighted by molar-refractivity contribution is 0.0950. The number of halogens is 1. The van der Waals surface area contributed by atoms with E-state index in [1.807, 2.05) is 11.8 Å². The van der Waals surface area contributed by atoms with E-state index < -0.39 is 0 Å². The van der Waals surface area contributed by atoms with Crippen molar-refractivity contribution in [3.05, 3.63) is 28.2 Å². The molecule has 1 atom stereocenters. The Balaban J connectivity index is 1.90. The molecule has 1 aliphatic heterocycles. The molecule has 1 aliphatic rings. The predicted octanol–water partition coefficient (Wildman–Crippen LogP) is 3.17. The molecule has 1 aromatic carbocycles. The Kier molecular flexibility index (Phi) is 4.95. The number of phenols is 1. The molecule has 2 rings (SSSR count). The van der Waals surface area contributed by atoms with E-state index in [1.54, 1.807) is 12.1 Å². The first-order chi connectivity index (χ1) is 8.66. The second kappa shape index (κ2) is 6.48. The minimum Gasteiger partial charge on any atom is -0.507 e. The standard InChI is InChI=1S/C13H16BrNO2S/c14-9-4-5-11(12(16)7-9)13(17)15-8-10-3-1-2-6-18-10/h4-5,7,10,16H,1-3,6,8H2,(H,15,17). The van der Waals surface area contributed by atoms with Crippen LogP contribution < -0.4 is 5.32 Å². The zero-order valence-corrected chi connectivity index (χ0v) is 12.4. The fourth-order valence-electron chi connectivity index (χ4n) is 1.97. The highest BCUT2D eigenvalue weighted by atomic mass is 79.9. The van der Waals surface area contributed by atoms with Gasteiger partial charge in [0, 0.05) is 16.3 Å². The number of benzene rings is 1. The Bertz CT molecular complexity index is 433. The van der Waals surface area contributed by atoms with Crippen LogP contribution in [0.2, 0.25) is 0 Å². The first-order valence-electron chi connectivity index (χ1n) is 6.05. The summed E-state index contributed by atoms with van der Waals surface area (Å²) in [5.41, 5.74) is 0.332. The Labute approximate surface area is 119 Å². The van der Waals surface area contributed by atoms with Crippen molar-refractivity contribution in [1.29, 1.82) is 0 Å². The molecule has 1 unspecified atom stereocenters. The zero-order chi connectivity index (χ0) is 13.0. The minimum atomic E-state index is -0.203. The number of thioether (sulfide) groups is 1. The van der Waals surface area contributed by atoms with E-state index in [1.165, 1.54) is 24.7 Å². The lowest BCUT2D eigenvalue weighted by Crippen LogP contribution is -2.31. The molecule has 0 radical (unpaired) electrons. The third-order valence-corrected chi connectivity index (χ3v) is 4.86. The number of hydrogen-bond donors (Lipinski definition) is 2. The molecule has 0 aromatic heterocycles. The third-order valence-electron chi connectivity index (χ3n) is 2.97. The minimum absolute atomic E-state index is 0.0122. The van der Waals surface area contributed by atoms with E-state index in [9.17, 15) is 9.90 Å². The fourth-order valence-corrected chi connectivity index (χ4v) is 3.55. The first kappa shape index (κ1) is 13.7. The van der Waals surface area contributed by atoms with Gasteiger partial charge in [-0.2, -0.15) is 11.8 Å². The van der Waals surface area contributed by atoms with E-state index in [4.69, 9.17) is 0 Å². The summed E-state index contributed by atoms with van der Waals surface area (Å²) in [5.74, 6) is 0.994. The van der Waals surface area contributed by atoms with Crippen molar-refractivity contribution in [2.75, 3.05) is 12.3 Å². The van der Waals surface area contributed by atoms with Gasteiger partial charge in [0.15, 0.2) is 0 Å². The smallest absolute Gasteiger partial charge is 0.255 e. The Morgan fingerprint density at radius 2 is 2.33 bits per heavy atom. The van der Waals surface area contributed by atoms with Crippen molar-refractivity contribution in [3.63, 3.8) is 0 Å². The van der Waals surface area contributed by atoms with Crippen LogP contribution in [0.4, 0.5) is 0 Å². The van der Waals surface area contributed by atoms with Crippen molar-refractivity contribution in [3.8, 4) is 5.75 Å². The Morgan fingerprint density at radius 3 is 3.00 bits per heavy atom. The average molecular weight is 330 g/mol. The Morgan fingerprint density at radius 1 is 1.50 bits per heavy atom. The lowest BCUT2D eigenvalue weighted by Gasteiger charge is -2.21. The van der Waals surface area contributed by atoms with Crippen LogP contribution in [0.15, 0.2) is 22.7 Å². The fraction of sp³-hybridized carbons (Fsp3) is 0.462. The maximum Gasteiger partial charge on any atom is 0.255 e. The summed E-state index contributed by atoms with van der Waals surface area (Å²) < 4.78 is 0.763. The number of aromatic hydroxyl groups is 1. The molecule has 1 fully saturated rings.